The maximum absolute atomic E-state index is 10.8. The minimum Gasteiger partial charge on any atom is -0.489 e. The number of thiophene rings is 1. The number of aldehydes is 1. The normalized spacial score (nSPS) is 12.4. The second kappa shape index (κ2) is 5.54. The summed E-state index contributed by atoms with van der Waals surface area (Å²) in [7, 11) is 0. The average molecular weight is 290 g/mol. The van der Waals surface area contributed by atoms with Crippen LogP contribution < -0.4 is 14.2 Å². The van der Waals surface area contributed by atoms with Gasteiger partial charge in [0.15, 0.2) is 17.8 Å². The van der Waals surface area contributed by atoms with E-state index in [4.69, 9.17) is 14.2 Å². The molecular weight excluding hydrogens is 276 g/mol. The molecule has 0 saturated heterocycles. The fourth-order valence-electron chi connectivity index (χ4n) is 2.10. The highest BCUT2D eigenvalue weighted by molar-refractivity contribution is 7.13. The lowest BCUT2D eigenvalue weighted by molar-refractivity contribution is 0.112. The van der Waals surface area contributed by atoms with E-state index in [-0.39, 0.29) is 6.79 Å². The number of ether oxygens (including phenoxy) is 3. The molecular formula is C15H14O4S. The molecule has 0 radical (unpaired) electrons. The SMILES string of the molecule is CCc1sc(C=O)cc1COc1ccc2c(c1)OCO2. The van der Waals surface area contributed by atoms with Gasteiger partial charge in [-0.25, -0.2) is 0 Å². The third-order valence-electron chi connectivity index (χ3n) is 3.09. The number of aryl methyl sites for hydroxylation is 1. The fraction of sp³-hybridized carbons (Fsp3) is 0.267. The van der Waals surface area contributed by atoms with Crippen molar-refractivity contribution >= 4 is 17.6 Å². The summed E-state index contributed by atoms with van der Waals surface area (Å²) in [5, 5.41) is 0. The molecule has 3 rings (SSSR count). The molecule has 0 saturated carbocycles. The van der Waals surface area contributed by atoms with Crippen molar-refractivity contribution in [2.45, 2.75) is 20.0 Å². The summed E-state index contributed by atoms with van der Waals surface area (Å²) in [6.07, 6.45) is 1.78. The van der Waals surface area contributed by atoms with Crippen LogP contribution in [0.4, 0.5) is 0 Å². The Morgan fingerprint density at radius 3 is 2.95 bits per heavy atom. The number of carbonyl (C=O) groups excluding carboxylic acids is 1. The summed E-state index contributed by atoms with van der Waals surface area (Å²) in [6, 6.07) is 7.40. The van der Waals surface area contributed by atoms with Crippen LogP contribution in [0, 0.1) is 0 Å². The van der Waals surface area contributed by atoms with E-state index in [1.807, 2.05) is 24.3 Å². The first-order valence-corrected chi connectivity index (χ1v) is 7.21. The van der Waals surface area contributed by atoms with Crippen LogP contribution in [0.15, 0.2) is 24.3 Å². The minimum absolute atomic E-state index is 0.256. The largest absolute Gasteiger partial charge is 0.489 e. The lowest BCUT2D eigenvalue weighted by Crippen LogP contribution is -1.96. The summed E-state index contributed by atoms with van der Waals surface area (Å²) >= 11 is 1.52. The summed E-state index contributed by atoms with van der Waals surface area (Å²) in [4.78, 5) is 12.8. The molecule has 1 aliphatic rings. The Hall–Kier alpha value is -2.01. The van der Waals surface area contributed by atoms with E-state index in [0.29, 0.717) is 12.4 Å². The molecule has 5 heteroatoms. The molecule has 20 heavy (non-hydrogen) atoms. The maximum atomic E-state index is 10.8. The summed E-state index contributed by atoms with van der Waals surface area (Å²) < 4.78 is 16.3. The third kappa shape index (κ3) is 2.49. The second-order valence-corrected chi connectivity index (χ2v) is 5.54. The van der Waals surface area contributed by atoms with E-state index in [0.717, 1.165) is 34.6 Å². The van der Waals surface area contributed by atoms with Crippen LogP contribution >= 0.6 is 11.3 Å². The van der Waals surface area contributed by atoms with Crippen molar-refractivity contribution in [3.8, 4) is 17.2 Å². The van der Waals surface area contributed by atoms with E-state index in [2.05, 4.69) is 6.92 Å². The van der Waals surface area contributed by atoms with Crippen LogP contribution in [0.5, 0.6) is 17.2 Å². The van der Waals surface area contributed by atoms with Gasteiger partial charge in [0.25, 0.3) is 0 Å². The Morgan fingerprint density at radius 2 is 2.15 bits per heavy atom. The molecule has 0 spiro atoms. The predicted molar refractivity (Wildman–Crippen MR) is 76.0 cm³/mol. The zero-order chi connectivity index (χ0) is 13.9. The van der Waals surface area contributed by atoms with Crippen LogP contribution in [-0.4, -0.2) is 13.1 Å². The Morgan fingerprint density at radius 1 is 1.30 bits per heavy atom. The van der Waals surface area contributed by atoms with E-state index in [1.165, 1.54) is 16.2 Å². The van der Waals surface area contributed by atoms with Crippen LogP contribution in [0.25, 0.3) is 0 Å². The van der Waals surface area contributed by atoms with Gasteiger partial charge in [0.2, 0.25) is 6.79 Å². The average Bonchev–Trinajstić information content (AvgIpc) is 3.10. The van der Waals surface area contributed by atoms with Crippen LogP contribution in [0.1, 0.15) is 27.0 Å². The third-order valence-corrected chi connectivity index (χ3v) is 4.34. The zero-order valence-corrected chi connectivity index (χ0v) is 11.9. The summed E-state index contributed by atoms with van der Waals surface area (Å²) in [5.41, 5.74) is 1.07. The summed E-state index contributed by atoms with van der Waals surface area (Å²) in [5.74, 6) is 2.18. The molecule has 1 aliphatic heterocycles. The highest BCUT2D eigenvalue weighted by Crippen LogP contribution is 2.35. The van der Waals surface area contributed by atoms with Crippen molar-refractivity contribution in [1.82, 2.24) is 0 Å². The van der Waals surface area contributed by atoms with Crippen molar-refractivity contribution < 1.29 is 19.0 Å². The van der Waals surface area contributed by atoms with Gasteiger partial charge in [0.1, 0.15) is 12.4 Å². The Balaban J connectivity index is 1.73. The lowest BCUT2D eigenvalue weighted by Gasteiger charge is -2.07. The molecule has 0 bridgehead atoms. The molecule has 2 heterocycles. The first-order chi connectivity index (χ1) is 9.80. The van der Waals surface area contributed by atoms with Crippen molar-refractivity contribution in [3.63, 3.8) is 0 Å². The number of rotatable bonds is 5. The number of fused-ring (bicyclic) bond motifs is 1. The van der Waals surface area contributed by atoms with Gasteiger partial charge in [-0.2, -0.15) is 0 Å². The summed E-state index contributed by atoms with van der Waals surface area (Å²) in [6.45, 7) is 2.78. The van der Waals surface area contributed by atoms with Crippen molar-refractivity contribution in [1.29, 1.82) is 0 Å². The molecule has 1 aromatic heterocycles. The van der Waals surface area contributed by atoms with E-state index in [1.54, 1.807) is 0 Å². The Kier molecular flexibility index (Phi) is 3.60. The second-order valence-electron chi connectivity index (χ2n) is 4.37. The smallest absolute Gasteiger partial charge is 0.231 e. The standard InChI is InChI=1S/C15H14O4S/c1-2-15-10(5-12(7-16)20-15)8-17-11-3-4-13-14(6-11)19-9-18-13/h3-7H,2,8-9H2,1H3. The van der Waals surface area contributed by atoms with Crippen LogP contribution in [0.2, 0.25) is 0 Å². The highest BCUT2D eigenvalue weighted by Gasteiger charge is 2.14. The van der Waals surface area contributed by atoms with Gasteiger partial charge in [-0.05, 0) is 24.6 Å². The van der Waals surface area contributed by atoms with Crippen molar-refractivity contribution in [2.24, 2.45) is 0 Å². The molecule has 0 N–H and O–H groups in total. The van der Waals surface area contributed by atoms with Gasteiger partial charge < -0.3 is 14.2 Å². The molecule has 0 amide bonds. The molecule has 2 aromatic rings. The van der Waals surface area contributed by atoms with Crippen molar-refractivity contribution in [3.05, 3.63) is 39.6 Å². The molecule has 4 nitrogen and oxygen atoms in total. The van der Waals surface area contributed by atoms with Gasteiger partial charge in [0, 0.05) is 16.5 Å². The fourth-order valence-corrected chi connectivity index (χ4v) is 3.02. The number of hydrogen-bond donors (Lipinski definition) is 0. The first-order valence-electron chi connectivity index (χ1n) is 6.39. The Labute approximate surface area is 120 Å². The quantitative estimate of drug-likeness (QED) is 0.791. The molecule has 0 unspecified atom stereocenters. The van der Waals surface area contributed by atoms with Gasteiger partial charge >= 0.3 is 0 Å². The first kappa shape index (κ1) is 13.0. The maximum Gasteiger partial charge on any atom is 0.231 e. The molecule has 0 aliphatic carbocycles. The lowest BCUT2D eigenvalue weighted by atomic mass is 10.2. The van der Waals surface area contributed by atoms with Crippen LogP contribution in [-0.2, 0) is 13.0 Å². The number of carbonyl (C=O) groups is 1. The molecule has 104 valence electrons. The van der Waals surface area contributed by atoms with E-state index < -0.39 is 0 Å². The molecule has 1 aromatic carbocycles. The zero-order valence-electron chi connectivity index (χ0n) is 11.0. The molecule has 0 atom stereocenters. The van der Waals surface area contributed by atoms with Gasteiger partial charge in [-0.3, -0.25) is 4.79 Å². The number of hydrogen-bond acceptors (Lipinski definition) is 5. The highest BCUT2D eigenvalue weighted by atomic mass is 32.1. The van der Waals surface area contributed by atoms with E-state index in [9.17, 15) is 4.79 Å². The monoisotopic (exact) mass is 290 g/mol. The van der Waals surface area contributed by atoms with E-state index >= 15 is 0 Å². The van der Waals surface area contributed by atoms with Gasteiger partial charge in [-0.15, -0.1) is 11.3 Å². The minimum atomic E-state index is 0.256. The Bertz CT molecular complexity index is 633. The molecule has 0 fully saturated rings. The number of benzene rings is 1. The van der Waals surface area contributed by atoms with Gasteiger partial charge in [-0.1, -0.05) is 6.92 Å². The topological polar surface area (TPSA) is 44.8 Å². The van der Waals surface area contributed by atoms with Gasteiger partial charge in [0.05, 0.1) is 4.88 Å². The van der Waals surface area contributed by atoms with Crippen molar-refractivity contribution in [2.75, 3.05) is 6.79 Å². The van der Waals surface area contributed by atoms with Crippen LogP contribution in [0.3, 0.4) is 0 Å². The predicted octanol–water partition coefficient (Wildman–Crippen LogP) is 3.43.